The highest BCUT2D eigenvalue weighted by Crippen LogP contribution is 2.28. The van der Waals surface area contributed by atoms with Crippen molar-refractivity contribution >= 4 is 40.1 Å². The highest BCUT2D eigenvalue weighted by Gasteiger charge is 2.20. The summed E-state index contributed by atoms with van der Waals surface area (Å²) in [7, 11) is 1.50. The van der Waals surface area contributed by atoms with E-state index in [9.17, 15) is 9.90 Å². The van der Waals surface area contributed by atoms with Crippen molar-refractivity contribution in [3.63, 3.8) is 0 Å². The highest BCUT2D eigenvalue weighted by atomic mass is 127. The number of aliphatic hydroxyl groups is 1. The van der Waals surface area contributed by atoms with E-state index in [1.165, 1.54) is 7.11 Å². The molecule has 1 atom stereocenters. The molecule has 0 radical (unpaired) electrons. The summed E-state index contributed by atoms with van der Waals surface area (Å²) in [6.07, 6.45) is 0. The molecular formula is C13H17ClINO3. The standard InChI is InChI=1S/C13H17ClINO3/c1-7(2)11(6-17)16-13(18)8-4-9(14)10(15)5-12(8)19-3/h4-5,7,11,17H,6H2,1-3H3,(H,16,18). The topological polar surface area (TPSA) is 58.6 Å². The molecule has 6 heteroatoms. The summed E-state index contributed by atoms with van der Waals surface area (Å²) < 4.78 is 6.01. The van der Waals surface area contributed by atoms with Gasteiger partial charge in [0.2, 0.25) is 0 Å². The normalized spacial score (nSPS) is 12.4. The molecule has 4 nitrogen and oxygen atoms in total. The summed E-state index contributed by atoms with van der Waals surface area (Å²) in [6.45, 7) is 3.75. The van der Waals surface area contributed by atoms with E-state index in [0.29, 0.717) is 16.3 Å². The molecule has 1 unspecified atom stereocenters. The molecule has 0 aromatic heterocycles. The van der Waals surface area contributed by atoms with Gasteiger partial charge in [-0.1, -0.05) is 25.4 Å². The third kappa shape index (κ3) is 4.22. The Labute approximate surface area is 131 Å². The Kier molecular flexibility index (Phi) is 6.35. The quantitative estimate of drug-likeness (QED) is 0.751. The second-order valence-corrected chi connectivity index (χ2v) is 6.04. The van der Waals surface area contributed by atoms with Crippen LogP contribution in [0.4, 0.5) is 0 Å². The number of hydrogen-bond acceptors (Lipinski definition) is 3. The number of halogens is 2. The van der Waals surface area contributed by atoms with Crippen molar-refractivity contribution in [2.75, 3.05) is 13.7 Å². The molecule has 1 aromatic rings. The first-order valence-electron chi connectivity index (χ1n) is 5.85. The Hall–Kier alpha value is -0.530. The number of methoxy groups -OCH3 is 1. The van der Waals surface area contributed by atoms with Gasteiger partial charge in [0.05, 0.1) is 30.3 Å². The summed E-state index contributed by atoms with van der Waals surface area (Å²) in [5.74, 6) is 0.300. The van der Waals surface area contributed by atoms with E-state index in [1.54, 1.807) is 12.1 Å². The molecule has 0 aliphatic carbocycles. The van der Waals surface area contributed by atoms with Crippen LogP contribution in [0.5, 0.6) is 5.75 Å². The maximum Gasteiger partial charge on any atom is 0.255 e. The maximum absolute atomic E-state index is 12.2. The van der Waals surface area contributed by atoms with Crippen LogP contribution in [0.1, 0.15) is 24.2 Å². The molecule has 2 N–H and O–H groups in total. The number of rotatable bonds is 5. The monoisotopic (exact) mass is 397 g/mol. The van der Waals surface area contributed by atoms with Gasteiger partial charge in [-0.05, 0) is 40.6 Å². The van der Waals surface area contributed by atoms with Crippen LogP contribution in [0.3, 0.4) is 0 Å². The van der Waals surface area contributed by atoms with Crippen molar-refractivity contribution in [3.8, 4) is 5.75 Å². The average Bonchev–Trinajstić information content (AvgIpc) is 2.37. The van der Waals surface area contributed by atoms with Crippen molar-refractivity contribution in [2.24, 2.45) is 5.92 Å². The zero-order valence-corrected chi connectivity index (χ0v) is 13.9. The van der Waals surface area contributed by atoms with E-state index < -0.39 is 0 Å². The molecule has 19 heavy (non-hydrogen) atoms. The minimum Gasteiger partial charge on any atom is -0.496 e. The molecule has 0 saturated carbocycles. The first-order chi connectivity index (χ1) is 8.90. The van der Waals surface area contributed by atoms with Crippen molar-refractivity contribution < 1.29 is 14.6 Å². The van der Waals surface area contributed by atoms with Gasteiger partial charge in [-0.15, -0.1) is 0 Å². The molecule has 0 heterocycles. The van der Waals surface area contributed by atoms with Gasteiger partial charge in [-0.25, -0.2) is 0 Å². The Morgan fingerprint density at radius 2 is 2.16 bits per heavy atom. The van der Waals surface area contributed by atoms with E-state index >= 15 is 0 Å². The van der Waals surface area contributed by atoms with Gasteiger partial charge in [-0.2, -0.15) is 0 Å². The summed E-state index contributed by atoms with van der Waals surface area (Å²) in [6, 6.07) is 2.99. The summed E-state index contributed by atoms with van der Waals surface area (Å²) in [5.41, 5.74) is 0.368. The first-order valence-corrected chi connectivity index (χ1v) is 7.31. The largest absolute Gasteiger partial charge is 0.496 e. The second-order valence-electron chi connectivity index (χ2n) is 4.47. The van der Waals surface area contributed by atoms with Crippen LogP contribution in [0.15, 0.2) is 12.1 Å². The van der Waals surface area contributed by atoms with Crippen LogP contribution < -0.4 is 10.1 Å². The molecule has 0 saturated heterocycles. The second kappa shape index (κ2) is 7.31. The summed E-state index contributed by atoms with van der Waals surface area (Å²) in [5, 5.41) is 12.5. The van der Waals surface area contributed by atoms with Crippen LogP contribution in [0.2, 0.25) is 5.02 Å². The SMILES string of the molecule is COc1cc(I)c(Cl)cc1C(=O)NC(CO)C(C)C. The molecule has 0 spiro atoms. The Bertz CT molecular complexity index is 465. The number of benzene rings is 1. The fraction of sp³-hybridized carbons (Fsp3) is 0.462. The van der Waals surface area contributed by atoms with Crippen molar-refractivity contribution in [2.45, 2.75) is 19.9 Å². The molecule has 1 rings (SSSR count). The Morgan fingerprint density at radius 1 is 1.53 bits per heavy atom. The lowest BCUT2D eigenvalue weighted by atomic mass is 10.0. The van der Waals surface area contributed by atoms with Gasteiger partial charge >= 0.3 is 0 Å². The third-order valence-corrected chi connectivity index (χ3v) is 4.33. The van der Waals surface area contributed by atoms with Crippen LogP contribution in [0, 0.1) is 9.49 Å². The summed E-state index contributed by atoms with van der Waals surface area (Å²) >= 11 is 8.10. The van der Waals surface area contributed by atoms with Gasteiger partial charge in [0.15, 0.2) is 0 Å². The molecule has 0 bridgehead atoms. The zero-order valence-electron chi connectivity index (χ0n) is 11.0. The predicted molar refractivity (Wildman–Crippen MR) is 83.9 cm³/mol. The van der Waals surface area contributed by atoms with Crippen molar-refractivity contribution in [1.29, 1.82) is 0 Å². The lowest BCUT2D eigenvalue weighted by Crippen LogP contribution is -2.41. The maximum atomic E-state index is 12.2. The van der Waals surface area contributed by atoms with Gasteiger partial charge in [-0.3, -0.25) is 4.79 Å². The number of hydrogen-bond donors (Lipinski definition) is 2. The number of carbonyl (C=O) groups is 1. The van der Waals surface area contributed by atoms with Crippen LogP contribution >= 0.6 is 34.2 Å². The van der Waals surface area contributed by atoms with Gasteiger partial charge in [0.1, 0.15) is 5.75 Å². The van der Waals surface area contributed by atoms with Gasteiger partial charge in [0, 0.05) is 3.57 Å². The van der Waals surface area contributed by atoms with Gasteiger partial charge in [0.25, 0.3) is 5.91 Å². The average molecular weight is 398 g/mol. The van der Waals surface area contributed by atoms with E-state index in [-0.39, 0.29) is 24.5 Å². The van der Waals surface area contributed by atoms with Crippen molar-refractivity contribution in [1.82, 2.24) is 5.32 Å². The van der Waals surface area contributed by atoms with Crippen LogP contribution in [0.25, 0.3) is 0 Å². The van der Waals surface area contributed by atoms with Gasteiger partial charge < -0.3 is 15.2 Å². The first kappa shape index (κ1) is 16.5. The Balaban J connectivity index is 3.02. The molecule has 0 aliphatic rings. The third-order valence-electron chi connectivity index (χ3n) is 2.80. The molecule has 106 valence electrons. The zero-order chi connectivity index (χ0) is 14.6. The minimum absolute atomic E-state index is 0.107. The van der Waals surface area contributed by atoms with E-state index in [4.69, 9.17) is 16.3 Å². The molecule has 0 fully saturated rings. The summed E-state index contributed by atoms with van der Waals surface area (Å²) in [4.78, 5) is 12.2. The molecular weight excluding hydrogens is 381 g/mol. The van der Waals surface area contributed by atoms with Crippen molar-refractivity contribution in [3.05, 3.63) is 26.3 Å². The number of ether oxygens (including phenoxy) is 1. The number of carbonyl (C=O) groups excluding carboxylic acids is 1. The fourth-order valence-corrected chi connectivity index (χ4v) is 2.15. The van der Waals surface area contributed by atoms with E-state index in [1.807, 2.05) is 13.8 Å². The number of amides is 1. The smallest absolute Gasteiger partial charge is 0.255 e. The molecule has 1 aromatic carbocycles. The number of aliphatic hydroxyl groups excluding tert-OH is 1. The molecule has 0 aliphatic heterocycles. The fourth-order valence-electron chi connectivity index (χ4n) is 1.54. The lowest BCUT2D eigenvalue weighted by Gasteiger charge is -2.20. The molecule has 1 amide bonds. The van der Waals surface area contributed by atoms with E-state index in [2.05, 4.69) is 27.9 Å². The van der Waals surface area contributed by atoms with E-state index in [0.717, 1.165) is 3.57 Å². The predicted octanol–water partition coefficient (Wildman–Crippen LogP) is 2.70. The lowest BCUT2D eigenvalue weighted by molar-refractivity contribution is 0.0894. The number of nitrogens with one attached hydrogen (secondary N) is 1. The van der Waals surface area contributed by atoms with Crippen LogP contribution in [-0.2, 0) is 0 Å². The highest BCUT2D eigenvalue weighted by molar-refractivity contribution is 14.1. The minimum atomic E-state index is -0.303. The van der Waals surface area contributed by atoms with Crippen LogP contribution in [-0.4, -0.2) is 30.8 Å². The Morgan fingerprint density at radius 3 is 2.63 bits per heavy atom.